The summed E-state index contributed by atoms with van der Waals surface area (Å²) in [5.74, 6) is 0. The summed E-state index contributed by atoms with van der Waals surface area (Å²) in [6.45, 7) is 15.1. The largest absolute Gasteiger partial charge is 0.277 e. The SMILES string of the molecule is C=C/C=C\c1c(C=C)s[nH]c1=O.CC.CC. The number of allylic oxidation sites excluding steroid dienone is 2. The molecule has 0 aliphatic heterocycles. The summed E-state index contributed by atoms with van der Waals surface area (Å²) in [7, 11) is 0. The Balaban J connectivity index is 0. The fourth-order valence-electron chi connectivity index (χ4n) is 0.797. The zero-order chi connectivity index (χ0) is 13.0. The molecular formula is C13H21NOS. The van der Waals surface area contributed by atoms with Crippen molar-refractivity contribution in [1.82, 2.24) is 4.37 Å². The molecule has 0 saturated heterocycles. The van der Waals surface area contributed by atoms with E-state index in [9.17, 15) is 4.79 Å². The minimum absolute atomic E-state index is 0.0759. The fourth-order valence-corrected chi connectivity index (χ4v) is 1.46. The van der Waals surface area contributed by atoms with Crippen LogP contribution in [0.1, 0.15) is 38.1 Å². The van der Waals surface area contributed by atoms with E-state index in [1.54, 1.807) is 24.3 Å². The minimum atomic E-state index is -0.0759. The van der Waals surface area contributed by atoms with Gasteiger partial charge in [-0.25, -0.2) is 0 Å². The zero-order valence-corrected chi connectivity index (χ0v) is 11.4. The molecule has 0 bridgehead atoms. The molecule has 0 radical (unpaired) electrons. The van der Waals surface area contributed by atoms with Crippen molar-refractivity contribution in [1.29, 1.82) is 0 Å². The Bertz CT molecular complexity index is 372. The Morgan fingerprint density at radius 2 is 1.75 bits per heavy atom. The summed E-state index contributed by atoms with van der Waals surface area (Å²) in [6, 6.07) is 0. The van der Waals surface area contributed by atoms with Gasteiger partial charge < -0.3 is 0 Å². The van der Waals surface area contributed by atoms with Crippen LogP contribution in [0.3, 0.4) is 0 Å². The molecule has 1 N–H and O–H groups in total. The summed E-state index contributed by atoms with van der Waals surface area (Å²) in [5.41, 5.74) is 0.572. The minimum Gasteiger partial charge on any atom is -0.277 e. The van der Waals surface area contributed by atoms with Gasteiger partial charge in [0.1, 0.15) is 0 Å². The van der Waals surface area contributed by atoms with Gasteiger partial charge in [0.2, 0.25) is 0 Å². The number of rotatable bonds is 3. The monoisotopic (exact) mass is 239 g/mol. The quantitative estimate of drug-likeness (QED) is 0.782. The Labute approximate surface area is 102 Å². The molecule has 0 spiro atoms. The van der Waals surface area contributed by atoms with E-state index >= 15 is 0 Å². The van der Waals surface area contributed by atoms with Crippen molar-refractivity contribution in [2.75, 3.05) is 0 Å². The number of aromatic nitrogens is 1. The summed E-state index contributed by atoms with van der Waals surface area (Å²) >= 11 is 1.29. The van der Waals surface area contributed by atoms with Crippen molar-refractivity contribution in [2.45, 2.75) is 27.7 Å². The van der Waals surface area contributed by atoms with E-state index in [1.807, 2.05) is 27.7 Å². The third-order valence-corrected chi connectivity index (χ3v) is 2.24. The van der Waals surface area contributed by atoms with E-state index in [-0.39, 0.29) is 5.56 Å². The first-order valence-electron chi connectivity index (χ1n) is 5.42. The van der Waals surface area contributed by atoms with Crippen molar-refractivity contribution >= 4 is 23.7 Å². The molecule has 0 fully saturated rings. The first-order chi connectivity index (χ1) is 7.79. The van der Waals surface area contributed by atoms with Crippen molar-refractivity contribution < 1.29 is 0 Å². The molecule has 3 heteroatoms. The average molecular weight is 239 g/mol. The van der Waals surface area contributed by atoms with E-state index < -0.39 is 0 Å². The van der Waals surface area contributed by atoms with Gasteiger partial charge in [-0.15, -0.1) is 0 Å². The van der Waals surface area contributed by atoms with Crippen LogP contribution in [-0.2, 0) is 0 Å². The smallest absolute Gasteiger partial charge is 0.265 e. The number of aromatic amines is 1. The highest BCUT2D eigenvalue weighted by molar-refractivity contribution is 7.07. The maximum atomic E-state index is 11.1. The molecule has 90 valence electrons. The van der Waals surface area contributed by atoms with Crippen LogP contribution in [0, 0.1) is 0 Å². The van der Waals surface area contributed by atoms with Crippen LogP contribution in [-0.4, -0.2) is 4.37 Å². The topological polar surface area (TPSA) is 32.9 Å². The molecule has 0 aliphatic rings. The molecule has 0 atom stereocenters. The van der Waals surface area contributed by atoms with Crippen LogP contribution in [0.4, 0.5) is 0 Å². The predicted octanol–water partition coefficient (Wildman–Crippen LogP) is 4.33. The molecule has 0 aliphatic carbocycles. The van der Waals surface area contributed by atoms with E-state index in [0.717, 1.165) is 4.88 Å². The molecule has 1 heterocycles. The predicted molar refractivity (Wildman–Crippen MR) is 77.0 cm³/mol. The Hall–Kier alpha value is -1.35. The Morgan fingerprint density at radius 1 is 1.19 bits per heavy atom. The van der Waals surface area contributed by atoms with Crippen LogP contribution in [0.2, 0.25) is 0 Å². The highest BCUT2D eigenvalue weighted by Crippen LogP contribution is 2.11. The molecule has 2 nitrogen and oxygen atoms in total. The summed E-state index contributed by atoms with van der Waals surface area (Å²) in [6.07, 6.45) is 6.74. The van der Waals surface area contributed by atoms with Gasteiger partial charge in [0.15, 0.2) is 0 Å². The van der Waals surface area contributed by atoms with E-state index in [4.69, 9.17) is 0 Å². The summed E-state index contributed by atoms with van der Waals surface area (Å²) in [4.78, 5) is 12.0. The lowest BCUT2D eigenvalue weighted by Gasteiger charge is -1.84. The normalized spacial score (nSPS) is 8.50. The summed E-state index contributed by atoms with van der Waals surface area (Å²) < 4.78 is 2.63. The molecular weight excluding hydrogens is 218 g/mol. The van der Waals surface area contributed by atoms with Crippen LogP contribution >= 0.6 is 11.5 Å². The second-order valence-electron chi connectivity index (χ2n) is 2.11. The summed E-state index contributed by atoms with van der Waals surface area (Å²) in [5, 5.41) is 0. The molecule has 0 unspecified atom stereocenters. The van der Waals surface area contributed by atoms with Gasteiger partial charge >= 0.3 is 0 Å². The van der Waals surface area contributed by atoms with Crippen LogP contribution < -0.4 is 5.56 Å². The fraction of sp³-hybridized carbons (Fsp3) is 0.308. The second-order valence-corrected chi connectivity index (χ2v) is 2.96. The van der Waals surface area contributed by atoms with Crippen LogP contribution in [0.15, 0.2) is 30.1 Å². The van der Waals surface area contributed by atoms with Crippen molar-refractivity contribution in [3.8, 4) is 0 Å². The Kier molecular flexibility index (Phi) is 12.5. The molecule has 1 rings (SSSR count). The van der Waals surface area contributed by atoms with E-state index in [1.165, 1.54) is 11.5 Å². The highest BCUT2D eigenvalue weighted by atomic mass is 32.1. The van der Waals surface area contributed by atoms with Crippen molar-refractivity contribution in [2.24, 2.45) is 0 Å². The molecule has 0 amide bonds. The van der Waals surface area contributed by atoms with Gasteiger partial charge in [0.05, 0.1) is 10.4 Å². The third kappa shape index (κ3) is 5.51. The van der Waals surface area contributed by atoms with Gasteiger partial charge in [-0.1, -0.05) is 64.5 Å². The molecule has 16 heavy (non-hydrogen) atoms. The van der Waals surface area contributed by atoms with E-state index in [0.29, 0.717) is 5.56 Å². The van der Waals surface area contributed by atoms with Crippen molar-refractivity contribution in [3.05, 3.63) is 46.1 Å². The maximum absolute atomic E-state index is 11.1. The van der Waals surface area contributed by atoms with Gasteiger partial charge in [0, 0.05) is 0 Å². The van der Waals surface area contributed by atoms with Gasteiger partial charge in [0.25, 0.3) is 5.56 Å². The first-order valence-corrected chi connectivity index (χ1v) is 6.24. The first kappa shape index (κ1) is 17.1. The lowest BCUT2D eigenvalue weighted by atomic mass is 10.2. The van der Waals surface area contributed by atoms with E-state index in [2.05, 4.69) is 17.5 Å². The van der Waals surface area contributed by atoms with Gasteiger partial charge in [-0.3, -0.25) is 9.17 Å². The number of nitrogens with one attached hydrogen (secondary N) is 1. The average Bonchev–Trinajstić information content (AvgIpc) is 2.72. The third-order valence-electron chi connectivity index (χ3n) is 1.35. The van der Waals surface area contributed by atoms with Crippen molar-refractivity contribution in [3.63, 3.8) is 0 Å². The van der Waals surface area contributed by atoms with Gasteiger partial charge in [-0.05, 0) is 12.2 Å². The lowest BCUT2D eigenvalue weighted by molar-refractivity contribution is 1.41. The lowest BCUT2D eigenvalue weighted by Crippen LogP contribution is -2.00. The maximum Gasteiger partial charge on any atom is 0.265 e. The Morgan fingerprint density at radius 3 is 2.19 bits per heavy atom. The van der Waals surface area contributed by atoms with Crippen LogP contribution in [0.25, 0.3) is 12.2 Å². The molecule has 0 aromatic carbocycles. The van der Waals surface area contributed by atoms with Crippen LogP contribution in [0.5, 0.6) is 0 Å². The molecule has 1 aromatic heterocycles. The number of hydrogen-bond acceptors (Lipinski definition) is 2. The van der Waals surface area contributed by atoms with Gasteiger partial charge in [-0.2, -0.15) is 0 Å². The molecule has 1 aromatic rings. The number of H-pyrrole nitrogens is 1. The molecule has 0 saturated carbocycles. The standard InChI is InChI=1S/C9H9NOS.2C2H6/c1-3-5-6-7-8(4-2)12-10-9(7)11;2*1-2/h3-6H,1-2H2,(H,10,11);2*1-2H3/b6-5-;;. The zero-order valence-electron chi connectivity index (χ0n) is 10.5. The highest BCUT2D eigenvalue weighted by Gasteiger charge is 2.02. The second kappa shape index (κ2) is 11.7. The number of hydrogen-bond donors (Lipinski definition) is 1.